The molecule has 3 aliphatic carbocycles. The quantitative estimate of drug-likeness (QED) is 0.531. The summed E-state index contributed by atoms with van der Waals surface area (Å²) >= 11 is 0. The molecule has 0 bridgehead atoms. The van der Waals surface area contributed by atoms with E-state index >= 15 is 0 Å². The van der Waals surface area contributed by atoms with E-state index in [2.05, 4.69) is 35.6 Å². The fourth-order valence-corrected chi connectivity index (χ4v) is 9.29. The topological polar surface area (TPSA) is 49.4 Å². The molecule has 4 aliphatic rings. The first-order chi connectivity index (χ1) is 16.5. The van der Waals surface area contributed by atoms with Crippen LogP contribution in [0.25, 0.3) is 0 Å². The molecule has 0 saturated heterocycles. The van der Waals surface area contributed by atoms with E-state index < -0.39 is 10.0 Å². The molecular formula is C29H38N2O2S. The van der Waals surface area contributed by atoms with Crippen molar-refractivity contribution in [2.75, 3.05) is 12.4 Å². The SMILES string of the molecule is CN(C1CCCCC1)S(=O)(=O)c1ccc2c(c1)C1CCC3CCCC3C1C(c1ccccc1)N2. The van der Waals surface area contributed by atoms with Gasteiger partial charge in [0, 0.05) is 18.8 Å². The van der Waals surface area contributed by atoms with Crippen LogP contribution in [0.1, 0.15) is 87.3 Å². The Morgan fingerprint density at radius 3 is 2.44 bits per heavy atom. The molecule has 1 heterocycles. The van der Waals surface area contributed by atoms with Gasteiger partial charge in [0.1, 0.15) is 0 Å². The minimum Gasteiger partial charge on any atom is -0.378 e. The van der Waals surface area contributed by atoms with Gasteiger partial charge in [-0.2, -0.15) is 4.31 Å². The summed E-state index contributed by atoms with van der Waals surface area (Å²) in [5.41, 5.74) is 3.73. The van der Waals surface area contributed by atoms with Crippen LogP contribution in [0.3, 0.4) is 0 Å². The van der Waals surface area contributed by atoms with Crippen LogP contribution < -0.4 is 5.32 Å². The van der Waals surface area contributed by atoms with Crippen molar-refractivity contribution in [2.24, 2.45) is 17.8 Å². The third-order valence-electron chi connectivity index (χ3n) is 9.57. The Morgan fingerprint density at radius 2 is 1.65 bits per heavy atom. The Balaban J connectivity index is 1.38. The Morgan fingerprint density at radius 1 is 0.853 bits per heavy atom. The number of sulfonamides is 1. The molecule has 3 fully saturated rings. The van der Waals surface area contributed by atoms with Gasteiger partial charge in [0.05, 0.1) is 10.9 Å². The lowest BCUT2D eigenvalue weighted by molar-refractivity contribution is 0.129. The van der Waals surface area contributed by atoms with E-state index in [9.17, 15) is 8.42 Å². The first-order valence-electron chi connectivity index (χ1n) is 13.5. The average molecular weight is 479 g/mol. The number of fused-ring (bicyclic) bond motifs is 5. The molecule has 2 aromatic carbocycles. The van der Waals surface area contributed by atoms with Crippen molar-refractivity contribution in [3.63, 3.8) is 0 Å². The summed E-state index contributed by atoms with van der Waals surface area (Å²) in [6.07, 6.45) is 11.9. The molecule has 0 spiro atoms. The third-order valence-corrected chi connectivity index (χ3v) is 11.5. The van der Waals surface area contributed by atoms with Crippen LogP contribution in [-0.2, 0) is 10.0 Å². The second kappa shape index (κ2) is 8.98. The molecule has 1 aliphatic heterocycles. The van der Waals surface area contributed by atoms with E-state index in [1.807, 2.05) is 18.2 Å². The van der Waals surface area contributed by atoms with Gasteiger partial charge in [-0.1, -0.05) is 62.4 Å². The zero-order chi connectivity index (χ0) is 23.3. The summed E-state index contributed by atoms with van der Waals surface area (Å²) in [6.45, 7) is 0. The van der Waals surface area contributed by atoms with Crippen molar-refractivity contribution in [3.8, 4) is 0 Å². The maximum absolute atomic E-state index is 13.7. The number of nitrogens with one attached hydrogen (secondary N) is 1. The van der Waals surface area contributed by atoms with Crippen molar-refractivity contribution in [1.82, 2.24) is 4.31 Å². The molecule has 5 unspecified atom stereocenters. The molecule has 34 heavy (non-hydrogen) atoms. The Hall–Kier alpha value is -1.85. The zero-order valence-electron chi connectivity index (χ0n) is 20.3. The summed E-state index contributed by atoms with van der Waals surface area (Å²) in [7, 11) is -1.69. The van der Waals surface area contributed by atoms with E-state index in [0.29, 0.717) is 22.8 Å². The summed E-state index contributed by atoms with van der Waals surface area (Å²) in [5.74, 6) is 2.52. The molecule has 6 rings (SSSR count). The minimum atomic E-state index is -3.49. The number of hydrogen-bond donors (Lipinski definition) is 1. The van der Waals surface area contributed by atoms with Crippen molar-refractivity contribution < 1.29 is 8.42 Å². The number of anilines is 1. The lowest BCUT2D eigenvalue weighted by Crippen LogP contribution is -2.41. The van der Waals surface area contributed by atoms with Gasteiger partial charge < -0.3 is 5.32 Å². The van der Waals surface area contributed by atoms with Gasteiger partial charge in [0.25, 0.3) is 0 Å². The van der Waals surface area contributed by atoms with E-state index in [4.69, 9.17) is 0 Å². The van der Waals surface area contributed by atoms with Crippen LogP contribution in [0, 0.1) is 17.8 Å². The highest BCUT2D eigenvalue weighted by Crippen LogP contribution is 2.59. The minimum absolute atomic E-state index is 0.136. The van der Waals surface area contributed by atoms with Gasteiger partial charge >= 0.3 is 0 Å². The van der Waals surface area contributed by atoms with Gasteiger partial charge in [-0.25, -0.2) is 8.42 Å². The smallest absolute Gasteiger partial charge is 0.243 e. The Bertz CT molecular complexity index is 1130. The number of nitrogens with zero attached hydrogens (tertiary/aromatic N) is 1. The molecule has 3 saturated carbocycles. The van der Waals surface area contributed by atoms with Crippen molar-refractivity contribution in [3.05, 3.63) is 59.7 Å². The predicted molar refractivity (Wildman–Crippen MR) is 137 cm³/mol. The summed E-state index contributed by atoms with van der Waals surface area (Å²) in [4.78, 5) is 0.478. The average Bonchev–Trinajstić information content (AvgIpc) is 3.37. The van der Waals surface area contributed by atoms with Gasteiger partial charge in [-0.05, 0) is 85.1 Å². The highest BCUT2D eigenvalue weighted by atomic mass is 32.2. The maximum atomic E-state index is 13.7. The normalized spacial score (nSPS) is 31.4. The van der Waals surface area contributed by atoms with Crippen LogP contribution in [0.4, 0.5) is 5.69 Å². The highest BCUT2D eigenvalue weighted by molar-refractivity contribution is 7.89. The maximum Gasteiger partial charge on any atom is 0.243 e. The molecule has 5 heteroatoms. The van der Waals surface area contributed by atoms with Crippen molar-refractivity contribution in [2.45, 2.75) is 87.1 Å². The van der Waals surface area contributed by atoms with Gasteiger partial charge in [0.2, 0.25) is 10.0 Å². The Labute approximate surface area is 205 Å². The third kappa shape index (κ3) is 3.80. The molecule has 0 aromatic heterocycles. The predicted octanol–water partition coefficient (Wildman–Crippen LogP) is 6.72. The summed E-state index contributed by atoms with van der Waals surface area (Å²) in [6, 6.07) is 17.3. The van der Waals surface area contributed by atoms with Gasteiger partial charge in [-0.3, -0.25) is 0 Å². The van der Waals surface area contributed by atoms with Crippen LogP contribution in [0.15, 0.2) is 53.4 Å². The number of rotatable bonds is 4. The molecule has 4 nitrogen and oxygen atoms in total. The highest BCUT2D eigenvalue weighted by Gasteiger charge is 2.49. The molecule has 2 aromatic rings. The molecule has 182 valence electrons. The molecule has 5 atom stereocenters. The van der Waals surface area contributed by atoms with Gasteiger partial charge in [0.15, 0.2) is 0 Å². The van der Waals surface area contributed by atoms with Crippen LogP contribution in [-0.4, -0.2) is 25.8 Å². The van der Waals surface area contributed by atoms with Gasteiger partial charge in [-0.15, -0.1) is 0 Å². The number of benzene rings is 2. The van der Waals surface area contributed by atoms with E-state index in [1.54, 1.807) is 11.4 Å². The molecular weight excluding hydrogens is 440 g/mol. The Kier molecular flexibility index (Phi) is 5.97. The number of hydrogen-bond acceptors (Lipinski definition) is 3. The second-order valence-electron chi connectivity index (χ2n) is 11.2. The fourth-order valence-electron chi connectivity index (χ4n) is 7.83. The molecule has 0 amide bonds. The first kappa shape index (κ1) is 22.6. The van der Waals surface area contributed by atoms with Crippen LogP contribution in [0.5, 0.6) is 0 Å². The molecule has 0 radical (unpaired) electrons. The first-order valence-corrected chi connectivity index (χ1v) is 14.9. The van der Waals surface area contributed by atoms with E-state index in [-0.39, 0.29) is 6.04 Å². The summed E-state index contributed by atoms with van der Waals surface area (Å²) in [5, 5.41) is 3.89. The van der Waals surface area contributed by atoms with E-state index in [0.717, 1.165) is 43.2 Å². The van der Waals surface area contributed by atoms with Crippen LogP contribution >= 0.6 is 0 Å². The van der Waals surface area contributed by atoms with Crippen molar-refractivity contribution in [1.29, 1.82) is 0 Å². The second-order valence-corrected chi connectivity index (χ2v) is 13.2. The summed E-state index contributed by atoms with van der Waals surface area (Å²) < 4.78 is 29.0. The van der Waals surface area contributed by atoms with E-state index in [1.165, 1.54) is 49.7 Å². The standard InChI is InChI=1S/C29H38N2O2S/c1-31(22-12-6-3-7-13-22)34(32,33)23-16-18-27-26(19-23)25-17-15-20-11-8-14-24(20)28(25)29(30-27)21-9-4-2-5-10-21/h2,4-5,9-10,16,18-20,22,24-25,28-30H,3,6-8,11-15,17H2,1H3. The fraction of sp³-hybridized carbons (Fsp3) is 0.586. The largest absolute Gasteiger partial charge is 0.378 e. The van der Waals surface area contributed by atoms with Crippen molar-refractivity contribution >= 4 is 15.7 Å². The van der Waals surface area contributed by atoms with Crippen LogP contribution in [0.2, 0.25) is 0 Å². The lowest BCUT2D eigenvalue weighted by atomic mass is 9.60. The zero-order valence-corrected chi connectivity index (χ0v) is 21.1. The lowest BCUT2D eigenvalue weighted by Gasteiger charge is -2.49. The monoisotopic (exact) mass is 478 g/mol. The molecule has 1 N–H and O–H groups in total.